The molecule has 0 amide bonds. The van der Waals surface area contributed by atoms with Crippen LogP contribution in [0.5, 0.6) is 0 Å². The second-order valence-corrected chi connectivity index (χ2v) is 12.1. The molecule has 0 rings (SSSR count). The number of unbranched alkanes of at least 4 members (excludes halogenated alkanes) is 28. The van der Waals surface area contributed by atoms with Gasteiger partial charge >= 0.3 is 19.5 Å². The zero-order valence-electron chi connectivity index (χ0n) is 29.8. The summed E-state index contributed by atoms with van der Waals surface area (Å²) in [4.78, 5) is 20.4. The SMILES string of the molecule is CCCCCCCCCCCCCCCCCC(=O)[O-].CCCCCCCCCCCCCCCCCC(=O)[O-].[NH3+].[NH3+].[O-2].[Zn+2]. The summed E-state index contributed by atoms with van der Waals surface area (Å²) in [5.74, 6) is -1.81. The first-order chi connectivity index (χ1) is 19.5. The second kappa shape index (κ2) is 52.0. The third kappa shape index (κ3) is 60.6. The number of carboxylic acid groups (broad SMARTS) is 2. The predicted molar refractivity (Wildman–Crippen MR) is 176 cm³/mol. The maximum Gasteiger partial charge on any atom is 2.00 e. The Morgan fingerprint density at radius 1 is 0.341 bits per heavy atom. The Morgan fingerprint density at radius 3 is 0.614 bits per heavy atom. The number of carbonyl (C=O) groups is 2. The van der Waals surface area contributed by atoms with Crippen LogP contribution in [-0.2, 0) is 34.5 Å². The standard InChI is InChI=1S/2C18H36O2.2H3N.O.Zn/c2*1-2-3-4-5-6-7-8-9-10-11-12-13-14-15-16-17-18(19)20;;;;/h2*2-17H2,1H3,(H,19,20);2*1H3;;/q;;2*+1;-2;+2/p-2. The number of aliphatic carboxylic acids is 2. The summed E-state index contributed by atoms with van der Waals surface area (Å²) in [5, 5.41) is 20.4. The molecule has 8 heteroatoms. The van der Waals surface area contributed by atoms with E-state index in [9.17, 15) is 19.8 Å². The molecule has 44 heavy (non-hydrogen) atoms. The minimum Gasteiger partial charge on any atom is -2.00 e. The van der Waals surface area contributed by atoms with Gasteiger partial charge in [-0.3, -0.25) is 0 Å². The van der Waals surface area contributed by atoms with Gasteiger partial charge in [-0.15, -0.1) is 0 Å². The van der Waals surface area contributed by atoms with Gasteiger partial charge in [0, 0.05) is 11.9 Å². The molecule has 0 unspecified atom stereocenters. The van der Waals surface area contributed by atoms with Gasteiger partial charge in [-0.1, -0.05) is 194 Å². The van der Waals surface area contributed by atoms with E-state index < -0.39 is 11.9 Å². The van der Waals surface area contributed by atoms with Gasteiger partial charge in [-0.25, -0.2) is 12.3 Å². The largest absolute Gasteiger partial charge is 2.00 e. The fourth-order valence-electron chi connectivity index (χ4n) is 5.28. The molecular weight excluding hydrogens is 606 g/mol. The van der Waals surface area contributed by atoms with Crippen LogP contribution >= 0.6 is 0 Å². The van der Waals surface area contributed by atoms with Crippen molar-refractivity contribution in [2.75, 3.05) is 0 Å². The fraction of sp³-hybridized carbons (Fsp3) is 0.944. The van der Waals surface area contributed by atoms with Crippen molar-refractivity contribution in [1.82, 2.24) is 0 Å². The van der Waals surface area contributed by atoms with E-state index in [4.69, 9.17) is 0 Å². The zero-order chi connectivity index (χ0) is 29.8. The molecule has 0 heterocycles. The summed E-state index contributed by atoms with van der Waals surface area (Å²) in [5.41, 5.74) is 0. The topological polar surface area (TPSA) is 179 Å². The molecule has 0 aliphatic rings. The number of hydrogen-bond acceptors (Lipinski definition) is 6. The zero-order valence-corrected chi connectivity index (χ0v) is 32.8. The summed E-state index contributed by atoms with van der Waals surface area (Å²) < 4.78 is 0. The Kier molecular flexibility index (Phi) is 66.0. The molecule has 0 spiro atoms. The van der Waals surface area contributed by atoms with Crippen molar-refractivity contribution in [1.29, 1.82) is 0 Å². The molecule has 0 aromatic heterocycles. The van der Waals surface area contributed by atoms with E-state index in [0.717, 1.165) is 25.7 Å². The van der Waals surface area contributed by atoms with Gasteiger partial charge in [-0.2, -0.15) is 0 Å². The summed E-state index contributed by atoms with van der Waals surface area (Å²) in [6.45, 7) is 4.53. The molecule has 0 saturated heterocycles. The predicted octanol–water partition coefficient (Wildman–Crippen LogP) is 7.26. The van der Waals surface area contributed by atoms with Crippen LogP contribution in [0.15, 0.2) is 0 Å². The van der Waals surface area contributed by atoms with E-state index in [-0.39, 0.29) is 50.1 Å². The third-order valence-corrected chi connectivity index (χ3v) is 7.97. The Hall–Kier alpha value is -0.557. The van der Waals surface area contributed by atoms with Gasteiger partial charge in [0.25, 0.3) is 0 Å². The minimum absolute atomic E-state index is 0. The molecule has 7 nitrogen and oxygen atoms in total. The molecule has 2 radical (unpaired) electrons. The van der Waals surface area contributed by atoms with Gasteiger partial charge in [0.05, 0.1) is 0 Å². The van der Waals surface area contributed by atoms with E-state index in [1.165, 1.54) is 167 Å². The average molecular weight is 682 g/mol. The molecular formula is C36H76N2O5Zn. The maximum atomic E-state index is 10.2. The third-order valence-electron chi connectivity index (χ3n) is 7.97. The van der Waals surface area contributed by atoms with Gasteiger partial charge in [0.15, 0.2) is 0 Å². The van der Waals surface area contributed by atoms with Crippen molar-refractivity contribution in [2.45, 2.75) is 219 Å². The first kappa shape index (κ1) is 55.8. The van der Waals surface area contributed by atoms with Crippen LogP contribution in [0.4, 0.5) is 0 Å². The van der Waals surface area contributed by atoms with Crippen LogP contribution in [-0.4, -0.2) is 11.9 Å². The monoisotopic (exact) mass is 681 g/mol. The van der Waals surface area contributed by atoms with E-state index in [1.807, 2.05) is 0 Å². The quantitative estimate of drug-likeness (QED) is 0.0561. The smallest absolute Gasteiger partial charge is 2.00 e. The van der Waals surface area contributed by atoms with E-state index in [2.05, 4.69) is 13.8 Å². The number of hydrogen-bond donors (Lipinski definition) is 2. The van der Waals surface area contributed by atoms with Crippen LogP contribution in [0.1, 0.15) is 219 Å². The molecule has 0 fully saturated rings. The van der Waals surface area contributed by atoms with Crippen molar-refractivity contribution >= 4 is 11.9 Å². The molecule has 0 aliphatic carbocycles. The fourth-order valence-corrected chi connectivity index (χ4v) is 5.28. The summed E-state index contributed by atoms with van der Waals surface area (Å²) in [6.07, 6.45) is 39.7. The van der Waals surface area contributed by atoms with Gasteiger partial charge in [0.2, 0.25) is 0 Å². The van der Waals surface area contributed by atoms with Crippen LogP contribution in [0.2, 0.25) is 0 Å². The molecule has 0 bridgehead atoms. The minimum atomic E-state index is -0.903. The Morgan fingerprint density at radius 2 is 0.477 bits per heavy atom. The van der Waals surface area contributed by atoms with Crippen molar-refractivity contribution < 1.29 is 57.1 Å². The number of carboxylic acids is 2. The molecule has 0 aromatic rings. The van der Waals surface area contributed by atoms with Crippen molar-refractivity contribution in [3.63, 3.8) is 0 Å². The van der Waals surface area contributed by atoms with Gasteiger partial charge in [-0.05, 0) is 25.7 Å². The van der Waals surface area contributed by atoms with Crippen molar-refractivity contribution in [3.8, 4) is 0 Å². The molecule has 0 aliphatic heterocycles. The molecule has 0 saturated carbocycles. The van der Waals surface area contributed by atoms with Gasteiger partial charge < -0.3 is 25.3 Å². The normalized spacial score (nSPS) is 9.86. The molecule has 6 N–H and O–H groups in total. The van der Waals surface area contributed by atoms with Crippen molar-refractivity contribution in [2.24, 2.45) is 0 Å². The molecule has 0 aromatic carbocycles. The van der Waals surface area contributed by atoms with Crippen LogP contribution in [0.25, 0.3) is 0 Å². The first-order valence-electron chi connectivity index (χ1n) is 17.9. The molecule has 262 valence electrons. The molecule has 0 atom stereocenters. The Balaban J connectivity index is -0.000000150. The average Bonchev–Trinajstić information content (AvgIpc) is 2.93. The van der Waals surface area contributed by atoms with Crippen molar-refractivity contribution in [3.05, 3.63) is 0 Å². The summed E-state index contributed by atoms with van der Waals surface area (Å²) in [6, 6.07) is 0. The van der Waals surface area contributed by atoms with E-state index in [0.29, 0.717) is 0 Å². The van der Waals surface area contributed by atoms with Crippen LogP contribution in [0, 0.1) is 0 Å². The Labute approximate surface area is 287 Å². The summed E-state index contributed by atoms with van der Waals surface area (Å²) >= 11 is 0. The van der Waals surface area contributed by atoms with E-state index >= 15 is 0 Å². The van der Waals surface area contributed by atoms with Crippen LogP contribution < -0.4 is 22.5 Å². The van der Waals surface area contributed by atoms with Gasteiger partial charge in [0.1, 0.15) is 0 Å². The van der Waals surface area contributed by atoms with Crippen LogP contribution in [0.3, 0.4) is 0 Å². The Bertz CT molecular complexity index is 469. The maximum absolute atomic E-state index is 10.2. The first-order valence-corrected chi connectivity index (χ1v) is 17.9. The summed E-state index contributed by atoms with van der Waals surface area (Å²) in [7, 11) is 0. The second-order valence-electron chi connectivity index (χ2n) is 12.1. The number of rotatable bonds is 32. The van der Waals surface area contributed by atoms with E-state index in [1.54, 1.807) is 0 Å². The number of carbonyl (C=O) groups excluding carboxylic acids is 2.